The summed E-state index contributed by atoms with van der Waals surface area (Å²) in [6, 6.07) is 0. The minimum absolute atomic E-state index is 0.0178. The standard InChI is InChI=1S/C15H21N5O2S2/c1-9(2)5-6-16-14-17-10(8-23-14)12(21)18-15-20-19-13(24-15)11-4-3-7-22-11/h8-9,11H,3-7H2,1-2H3,(H,16,17)(H,18,20,21)/t11-/m1/s1. The molecule has 1 fully saturated rings. The fourth-order valence-electron chi connectivity index (χ4n) is 2.28. The van der Waals surface area contributed by atoms with E-state index in [0.29, 0.717) is 16.7 Å². The van der Waals surface area contributed by atoms with Gasteiger partial charge in [0.2, 0.25) is 5.13 Å². The molecular formula is C15H21N5O2S2. The van der Waals surface area contributed by atoms with Crippen LogP contribution in [0.1, 0.15) is 54.7 Å². The molecule has 0 saturated carbocycles. The lowest BCUT2D eigenvalue weighted by molar-refractivity contribution is 0.102. The van der Waals surface area contributed by atoms with E-state index in [9.17, 15) is 4.79 Å². The van der Waals surface area contributed by atoms with Crippen LogP contribution in [-0.2, 0) is 4.74 Å². The number of rotatable bonds is 7. The van der Waals surface area contributed by atoms with Gasteiger partial charge < -0.3 is 10.1 Å². The van der Waals surface area contributed by atoms with Crippen LogP contribution in [0, 0.1) is 5.92 Å². The maximum Gasteiger partial charge on any atom is 0.277 e. The summed E-state index contributed by atoms with van der Waals surface area (Å²) < 4.78 is 5.58. The highest BCUT2D eigenvalue weighted by molar-refractivity contribution is 7.15. The van der Waals surface area contributed by atoms with Gasteiger partial charge in [-0.3, -0.25) is 10.1 Å². The third kappa shape index (κ3) is 4.49. The van der Waals surface area contributed by atoms with E-state index < -0.39 is 0 Å². The Morgan fingerprint density at radius 3 is 3.04 bits per heavy atom. The lowest BCUT2D eigenvalue weighted by Crippen LogP contribution is -2.12. The highest BCUT2D eigenvalue weighted by Crippen LogP contribution is 2.32. The first-order chi connectivity index (χ1) is 11.6. The molecule has 1 saturated heterocycles. The Morgan fingerprint density at radius 1 is 1.42 bits per heavy atom. The Hall–Kier alpha value is -1.58. The summed E-state index contributed by atoms with van der Waals surface area (Å²) in [5.74, 6) is 0.369. The van der Waals surface area contributed by atoms with Crippen molar-refractivity contribution in [3.05, 3.63) is 16.1 Å². The molecule has 1 aliphatic rings. The first-order valence-corrected chi connectivity index (χ1v) is 9.77. The molecule has 1 atom stereocenters. The topological polar surface area (TPSA) is 89.0 Å². The Balaban J connectivity index is 1.54. The van der Waals surface area contributed by atoms with Gasteiger partial charge in [-0.05, 0) is 25.2 Å². The van der Waals surface area contributed by atoms with Gasteiger partial charge >= 0.3 is 0 Å². The minimum Gasteiger partial charge on any atom is -0.371 e. The molecule has 1 aliphatic heterocycles. The molecule has 0 spiro atoms. The number of nitrogens with one attached hydrogen (secondary N) is 2. The van der Waals surface area contributed by atoms with E-state index in [1.54, 1.807) is 5.38 Å². The molecule has 0 aromatic carbocycles. The van der Waals surface area contributed by atoms with Crippen LogP contribution in [0.4, 0.5) is 10.3 Å². The second kappa shape index (κ2) is 8.00. The number of hydrogen-bond donors (Lipinski definition) is 2. The molecule has 2 aromatic heterocycles. The third-order valence-electron chi connectivity index (χ3n) is 3.60. The average Bonchev–Trinajstić information content (AvgIpc) is 3.28. The monoisotopic (exact) mass is 367 g/mol. The summed E-state index contributed by atoms with van der Waals surface area (Å²) in [6.07, 6.45) is 3.08. The average molecular weight is 368 g/mol. The molecule has 0 aliphatic carbocycles. The Bertz CT molecular complexity index is 679. The molecule has 7 nitrogen and oxygen atoms in total. The zero-order chi connectivity index (χ0) is 16.9. The third-order valence-corrected chi connectivity index (χ3v) is 5.33. The Kier molecular flexibility index (Phi) is 5.75. The zero-order valence-electron chi connectivity index (χ0n) is 13.7. The van der Waals surface area contributed by atoms with E-state index in [1.165, 1.54) is 22.7 Å². The second-order valence-electron chi connectivity index (χ2n) is 6.05. The summed E-state index contributed by atoms with van der Waals surface area (Å²) >= 11 is 2.79. The minimum atomic E-state index is -0.266. The van der Waals surface area contributed by atoms with Crippen molar-refractivity contribution in [1.82, 2.24) is 15.2 Å². The highest BCUT2D eigenvalue weighted by atomic mass is 32.1. The van der Waals surface area contributed by atoms with Crippen molar-refractivity contribution in [2.75, 3.05) is 23.8 Å². The predicted molar refractivity (Wildman–Crippen MR) is 95.8 cm³/mol. The predicted octanol–water partition coefficient (Wildman–Crippen LogP) is 3.56. The van der Waals surface area contributed by atoms with E-state index in [1.807, 2.05) is 0 Å². The van der Waals surface area contributed by atoms with Crippen LogP contribution >= 0.6 is 22.7 Å². The largest absolute Gasteiger partial charge is 0.371 e. The number of amides is 1. The Morgan fingerprint density at radius 2 is 2.29 bits per heavy atom. The first kappa shape index (κ1) is 17.2. The lowest BCUT2D eigenvalue weighted by Gasteiger charge is -2.04. The van der Waals surface area contributed by atoms with Crippen LogP contribution in [0.3, 0.4) is 0 Å². The van der Waals surface area contributed by atoms with Gasteiger partial charge in [0.15, 0.2) is 5.13 Å². The molecule has 3 heterocycles. The number of ether oxygens (including phenoxy) is 1. The van der Waals surface area contributed by atoms with Gasteiger partial charge in [0.05, 0.1) is 0 Å². The van der Waals surface area contributed by atoms with Gasteiger partial charge in [-0.25, -0.2) is 4.98 Å². The molecule has 0 radical (unpaired) electrons. The number of nitrogens with zero attached hydrogens (tertiary/aromatic N) is 3. The fraction of sp³-hybridized carbons (Fsp3) is 0.600. The van der Waals surface area contributed by atoms with Crippen molar-refractivity contribution in [3.63, 3.8) is 0 Å². The molecule has 130 valence electrons. The van der Waals surface area contributed by atoms with Gasteiger partial charge in [0.25, 0.3) is 5.91 Å². The molecule has 3 rings (SSSR count). The van der Waals surface area contributed by atoms with Crippen molar-refractivity contribution in [3.8, 4) is 0 Å². The van der Waals surface area contributed by atoms with Crippen LogP contribution in [0.15, 0.2) is 5.38 Å². The molecule has 0 bridgehead atoms. The quantitative estimate of drug-likeness (QED) is 0.778. The number of hydrogen-bond acceptors (Lipinski definition) is 8. The number of thiazole rings is 1. The van der Waals surface area contributed by atoms with Crippen LogP contribution in [-0.4, -0.2) is 34.2 Å². The molecule has 2 N–H and O–H groups in total. The smallest absolute Gasteiger partial charge is 0.277 e. The second-order valence-corrected chi connectivity index (χ2v) is 7.92. The van der Waals surface area contributed by atoms with Crippen molar-refractivity contribution >= 4 is 38.8 Å². The fourth-order valence-corrected chi connectivity index (χ4v) is 3.82. The number of carbonyl (C=O) groups is 1. The van der Waals surface area contributed by atoms with Crippen LogP contribution < -0.4 is 10.6 Å². The van der Waals surface area contributed by atoms with Crippen LogP contribution in [0.2, 0.25) is 0 Å². The van der Waals surface area contributed by atoms with Crippen LogP contribution in [0.5, 0.6) is 0 Å². The van der Waals surface area contributed by atoms with Crippen molar-refractivity contribution in [2.24, 2.45) is 5.92 Å². The molecule has 0 unspecified atom stereocenters. The van der Waals surface area contributed by atoms with E-state index in [-0.39, 0.29) is 12.0 Å². The number of anilines is 2. The summed E-state index contributed by atoms with van der Waals surface area (Å²) in [5.41, 5.74) is 0.390. The molecule has 2 aromatic rings. The van der Waals surface area contributed by atoms with E-state index in [2.05, 4.69) is 39.7 Å². The molecule has 1 amide bonds. The maximum absolute atomic E-state index is 12.3. The number of carbonyl (C=O) groups excluding carboxylic acids is 1. The van der Waals surface area contributed by atoms with Gasteiger partial charge in [-0.2, -0.15) is 0 Å². The molecule has 9 heteroatoms. The number of aromatic nitrogens is 3. The van der Waals surface area contributed by atoms with Gasteiger partial charge in [0.1, 0.15) is 16.8 Å². The first-order valence-electron chi connectivity index (χ1n) is 8.07. The SMILES string of the molecule is CC(C)CCNc1nc(C(=O)Nc2nnc([C@H]3CCCO3)s2)cs1. The normalized spacial score (nSPS) is 17.4. The summed E-state index contributed by atoms with van der Waals surface area (Å²) in [5, 5.41) is 17.9. The summed E-state index contributed by atoms with van der Waals surface area (Å²) in [4.78, 5) is 16.6. The van der Waals surface area contributed by atoms with Gasteiger partial charge in [-0.1, -0.05) is 25.2 Å². The van der Waals surface area contributed by atoms with Crippen molar-refractivity contribution in [1.29, 1.82) is 0 Å². The summed E-state index contributed by atoms with van der Waals surface area (Å²) in [7, 11) is 0. The molecular weight excluding hydrogens is 346 g/mol. The van der Waals surface area contributed by atoms with Crippen molar-refractivity contribution < 1.29 is 9.53 Å². The highest BCUT2D eigenvalue weighted by Gasteiger charge is 2.22. The molecule has 24 heavy (non-hydrogen) atoms. The van der Waals surface area contributed by atoms with E-state index >= 15 is 0 Å². The van der Waals surface area contributed by atoms with Crippen LogP contribution in [0.25, 0.3) is 0 Å². The Labute approximate surface area is 148 Å². The summed E-state index contributed by atoms with van der Waals surface area (Å²) in [6.45, 7) is 5.97. The maximum atomic E-state index is 12.3. The van der Waals surface area contributed by atoms with Gasteiger partial charge in [-0.15, -0.1) is 21.5 Å². The van der Waals surface area contributed by atoms with E-state index in [0.717, 1.165) is 42.6 Å². The van der Waals surface area contributed by atoms with Gasteiger partial charge in [0, 0.05) is 18.5 Å². The van der Waals surface area contributed by atoms with E-state index in [4.69, 9.17) is 4.74 Å². The lowest BCUT2D eigenvalue weighted by atomic mass is 10.1. The zero-order valence-corrected chi connectivity index (χ0v) is 15.4. The van der Waals surface area contributed by atoms with Crippen molar-refractivity contribution in [2.45, 2.75) is 39.2 Å².